The van der Waals surface area contributed by atoms with Crippen molar-refractivity contribution >= 4 is 64.9 Å². The molecule has 2 heterocycles. The zero-order chi connectivity index (χ0) is 37.2. The number of anilines is 3. The first-order chi connectivity index (χ1) is 27.6. The largest absolute Gasteiger partial charge is 0.485 e. The third-order valence-corrected chi connectivity index (χ3v) is 12.9. The highest BCUT2D eigenvalue weighted by molar-refractivity contribution is 7.26. The van der Waals surface area contributed by atoms with Gasteiger partial charge in [-0.05, 0) is 88.0 Å². The van der Waals surface area contributed by atoms with Gasteiger partial charge in [0.25, 0.3) is 0 Å². The van der Waals surface area contributed by atoms with Crippen molar-refractivity contribution in [1.82, 2.24) is 0 Å². The van der Waals surface area contributed by atoms with Gasteiger partial charge in [-0.1, -0.05) is 158 Å². The predicted molar refractivity (Wildman–Crippen MR) is 238 cm³/mol. The normalized spacial score (nSPS) is 17.1. The number of allylic oxidation sites excluding steroid dienone is 2. The van der Waals surface area contributed by atoms with E-state index in [4.69, 9.17) is 4.74 Å². The summed E-state index contributed by atoms with van der Waals surface area (Å²) in [6.45, 7) is 2.30. The van der Waals surface area contributed by atoms with E-state index in [0.29, 0.717) is 0 Å². The number of ether oxygens (including phenoxy) is 1. The standard InChI is InChI=1S/C53H37NOS/c1-53-34-38(31-32-50(53)55-48-29-9-7-26-45(48)53)37-19-11-20-39(33-37)54(47-28-14-25-44-42-22-6-10-30-49(42)56-52(44)47)46-27-8-5-21-41(46)43-24-13-18-36-17-12-23-40(51(36)43)35-15-3-2-4-16-35/h2-34,50H,1H3. The predicted octanol–water partition coefficient (Wildman–Crippen LogP) is 14.7. The van der Waals surface area contributed by atoms with Gasteiger partial charge in [0.1, 0.15) is 11.9 Å². The molecule has 2 nitrogen and oxygen atoms in total. The van der Waals surface area contributed by atoms with Crippen LogP contribution in [0.3, 0.4) is 0 Å². The lowest BCUT2D eigenvalue weighted by atomic mass is 9.74. The molecule has 0 radical (unpaired) electrons. The van der Waals surface area contributed by atoms with Gasteiger partial charge in [-0.3, -0.25) is 0 Å². The number of nitrogens with zero attached hydrogens (tertiary/aromatic N) is 1. The summed E-state index contributed by atoms with van der Waals surface area (Å²) < 4.78 is 8.98. The van der Waals surface area contributed by atoms with Crippen molar-refractivity contribution in [2.24, 2.45) is 0 Å². The highest BCUT2D eigenvalue weighted by atomic mass is 32.1. The Hall–Kier alpha value is -6.68. The summed E-state index contributed by atoms with van der Waals surface area (Å²) in [6.07, 6.45) is 6.86. The SMILES string of the molecule is CC12C=C(c3cccc(N(c4ccccc4-c4cccc5cccc(-c6ccccc6)c45)c4cccc5c4sc4ccccc45)c3)C=CC1Oc1ccccc12. The van der Waals surface area contributed by atoms with Crippen molar-refractivity contribution < 1.29 is 4.74 Å². The third-order valence-electron chi connectivity index (χ3n) is 11.7. The number of hydrogen-bond acceptors (Lipinski definition) is 3. The Bertz CT molecular complexity index is 3040. The average Bonchev–Trinajstić information content (AvgIpc) is 3.79. The molecule has 2 atom stereocenters. The van der Waals surface area contributed by atoms with Crippen molar-refractivity contribution in [2.45, 2.75) is 18.4 Å². The molecule has 1 aliphatic heterocycles. The molecule has 0 amide bonds. The minimum Gasteiger partial charge on any atom is -0.485 e. The van der Waals surface area contributed by atoms with Gasteiger partial charge < -0.3 is 9.64 Å². The van der Waals surface area contributed by atoms with E-state index in [9.17, 15) is 0 Å². The van der Waals surface area contributed by atoms with Crippen LogP contribution in [0.5, 0.6) is 5.75 Å². The van der Waals surface area contributed by atoms with Crippen LogP contribution in [0.25, 0.3) is 58.8 Å². The maximum absolute atomic E-state index is 6.43. The molecule has 1 aliphatic carbocycles. The first-order valence-electron chi connectivity index (χ1n) is 19.3. The van der Waals surface area contributed by atoms with Crippen molar-refractivity contribution in [3.8, 4) is 28.0 Å². The zero-order valence-electron chi connectivity index (χ0n) is 30.9. The van der Waals surface area contributed by atoms with Crippen molar-refractivity contribution in [3.05, 3.63) is 211 Å². The summed E-state index contributed by atoms with van der Waals surface area (Å²) in [5, 5.41) is 5.04. The Labute approximate surface area is 330 Å². The molecule has 0 saturated heterocycles. The van der Waals surface area contributed by atoms with Gasteiger partial charge in [0.2, 0.25) is 0 Å². The summed E-state index contributed by atoms with van der Waals surface area (Å²) in [5.74, 6) is 0.971. The lowest BCUT2D eigenvalue weighted by molar-refractivity contribution is 0.228. The molecule has 56 heavy (non-hydrogen) atoms. The third kappa shape index (κ3) is 5.16. The summed E-state index contributed by atoms with van der Waals surface area (Å²) in [4.78, 5) is 2.49. The second-order valence-corrected chi connectivity index (χ2v) is 16.1. The van der Waals surface area contributed by atoms with Gasteiger partial charge in [0.05, 0.1) is 21.5 Å². The Balaban J connectivity index is 1.14. The monoisotopic (exact) mass is 735 g/mol. The molecule has 0 N–H and O–H groups in total. The van der Waals surface area contributed by atoms with Crippen molar-refractivity contribution in [1.29, 1.82) is 0 Å². The van der Waals surface area contributed by atoms with Crippen LogP contribution in [0.2, 0.25) is 0 Å². The number of rotatable bonds is 6. The van der Waals surface area contributed by atoms with Crippen LogP contribution in [-0.2, 0) is 5.41 Å². The molecule has 9 aromatic rings. The molecule has 0 bridgehead atoms. The molecule has 0 fully saturated rings. The molecule has 2 aliphatic rings. The van der Waals surface area contributed by atoms with E-state index >= 15 is 0 Å². The molecular formula is C53H37NOS. The molecular weight excluding hydrogens is 699 g/mol. The molecule has 3 heteroatoms. The van der Waals surface area contributed by atoms with Gasteiger partial charge in [0, 0.05) is 32.3 Å². The molecule has 0 spiro atoms. The minimum atomic E-state index is -0.254. The number of thiophene rings is 1. The number of benzene rings is 8. The van der Waals surface area contributed by atoms with Gasteiger partial charge >= 0.3 is 0 Å². The van der Waals surface area contributed by atoms with Gasteiger partial charge in [-0.25, -0.2) is 0 Å². The van der Waals surface area contributed by atoms with Crippen molar-refractivity contribution in [3.63, 3.8) is 0 Å². The van der Waals surface area contributed by atoms with Crippen molar-refractivity contribution in [2.75, 3.05) is 4.90 Å². The quantitative estimate of drug-likeness (QED) is 0.169. The Morgan fingerprint density at radius 2 is 1.25 bits per heavy atom. The van der Waals surface area contributed by atoms with E-state index in [-0.39, 0.29) is 11.5 Å². The van der Waals surface area contributed by atoms with Crippen LogP contribution >= 0.6 is 11.3 Å². The molecule has 1 aromatic heterocycles. The van der Waals surface area contributed by atoms with E-state index in [1.807, 2.05) is 11.3 Å². The molecule has 2 unspecified atom stereocenters. The van der Waals surface area contributed by atoms with Gasteiger partial charge in [0.15, 0.2) is 0 Å². The summed E-state index contributed by atoms with van der Waals surface area (Å²) >= 11 is 1.87. The van der Waals surface area contributed by atoms with E-state index < -0.39 is 0 Å². The van der Waals surface area contributed by atoms with E-state index in [1.165, 1.54) is 69.9 Å². The Kier molecular flexibility index (Phi) is 7.58. The van der Waals surface area contributed by atoms with Crippen LogP contribution in [-0.4, -0.2) is 6.10 Å². The number of fused-ring (bicyclic) bond motifs is 7. The van der Waals surface area contributed by atoms with Crippen LogP contribution in [0.15, 0.2) is 200 Å². The van der Waals surface area contributed by atoms with E-state index in [2.05, 4.69) is 212 Å². The Morgan fingerprint density at radius 3 is 2.16 bits per heavy atom. The van der Waals surface area contributed by atoms with Crippen LogP contribution in [0.1, 0.15) is 18.1 Å². The number of hydrogen-bond donors (Lipinski definition) is 0. The van der Waals surface area contributed by atoms with Gasteiger partial charge in [-0.2, -0.15) is 0 Å². The molecule has 266 valence electrons. The van der Waals surface area contributed by atoms with Gasteiger partial charge in [-0.15, -0.1) is 11.3 Å². The highest BCUT2D eigenvalue weighted by Crippen LogP contribution is 2.51. The maximum atomic E-state index is 6.43. The fourth-order valence-corrected chi connectivity index (χ4v) is 10.2. The average molecular weight is 736 g/mol. The molecule has 0 saturated carbocycles. The summed E-state index contributed by atoms with van der Waals surface area (Å²) in [5.41, 5.74) is 11.6. The summed E-state index contributed by atoms with van der Waals surface area (Å²) in [7, 11) is 0. The first kappa shape index (κ1) is 32.7. The van der Waals surface area contributed by atoms with E-state index in [0.717, 1.165) is 22.8 Å². The Morgan fingerprint density at radius 1 is 0.571 bits per heavy atom. The smallest absolute Gasteiger partial charge is 0.130 e. The van der Waals surface area contributed by atoms with Crippen LogP contribution in [0, 0.1) is 0 Å². The fraction of sp³-hybridized carbons (Fsp3) is 0.0566. The second kappa shape index (κ2) is 13.0. The molecule has 8 aromatic carbocycles. The topological polar surface area (TPSA) is 12.5 Å². The lowest BCUT2D eigenvalue weighted by Crippen LogP contribution is -2.33. The van der Waals surface area contributed by atoms with Crippen LogP contribution < -0.4 is 9.64 Å². The fourth-order valence-electron chi connectivity index (χ4n) is 9.03. The highest BCUT2D eigenvalue weighted by Gasteiger charge is 2.44. The zero-order valence-corrected chi connectivity index (χ0v) is 31.7. The molecule has 11 rings (SSSR count). The summed E-state index contributed by atoms with van der Waals surface area (Å²) in [6, 6.07) is 66.2. The van der Waals surface area contributed by atoms with E-state index in [1.54, 1.807) is 0 Å². The number of para-hydroxylation sites is 2. The van der Waals surface area contributed by atoms with Crippen LogP contribution in [0.4, 0.5) is 17.1 Å². The first-order valence-corrected chi connectivity index (χ1v) is 20.1. The minimum absolute atomic E-state index is 0.0257. The lowest BCUT2D eigenvalue weighted by Gasteiger charge is -2.31. The maximum Gasteiger partial charge on any atom is 0.130 e. The second-order valence-electron chi connectivity index (χ2n) is 15.0.